The van der Waals surface area contributed by atoms with Crippen molar-refractivity contribution in [3.63, 3.8) is 0 Å². The highest BCUT2D eigenvalue weighted by Crippen LogP contribution is 2.31. The zero-order valence-electron chi connectivity index (χ0n) is 13.1. The van der Waals surface area contributed by atoms with E-state index in [1.54, 1.807) is 30.3 Å². The van der Waals surface area contributed by atoms with Crippen LogP contribution in [0.15, 0.2) is 36.4 Å². The average Bonchev–Trinajstić information content (AvgIpc) is 2.60. The smallest absolute Gasteiger partial charge is 0.387 e. The molecule has 2 aromatic rings. The molecule has 0 atom stereocenters. The molecule has 0 heterocycles. The molecule has 7 heteroatoms. The van der Waals surface area contributed by atoms with Gasteiger partial charge in [-0.15, -0.1) is 0 Å². The molecule has 0 unspecified atom stereocenters. The summed E-state index contributed by atoms with van der Waals surface area (Å²) in [6.45, 7) is -2.77. The molecular formula is C17H15F2NO4. The van der Waals surface area contributed by atoms with Gasteiger partial charge in [-0.3, -0.25) is 0 Å². The molecule has 0 aliphatic carbocycles. The number of nitrogens with zero attached hydrogens (tertiary/aromatic N) is 1. The molecule has 126 valence electrons. The number of nitriles is 1. The van der Waals surface area contributed by atoms with Crippen LogP contribution in [0.2, 0.25) is 0 Å². The summed E-state index contributed by atoms with van der Waals surface area (Å²) in [7, 11) is 2.84. The van der Waals surface area contributed by atoms with Crippen molar-refractivity contribution in [3.8, 4) is 29.1 Å². The van der Waals surface area contributed by atoms with E-state index in [2.05, 4.69) is 4.74 Å². The Kier molecular flexibility index (Phi) is 5.79. The maximum Gasteiger partial charge on any atom is 0.387 e. The van der Waals surface area contributed by atoms with Crippen LogP contribution in [0.1, 0.15) is 11.1 Å². The van der Waals surface area contributed by atoms with Gasteiger partial charge in [0.25, 0.3) is 0 Å². The molecule has 0 saturated carbocycles. The molecule has 0 amide bonds. The third-order valence-electron chi connectivity index (χ3n) is 3.13. The van der Waals surface area contributed by atoms with Gasteiger partial charge >= 0.3 is 6.61 Å². The third-order valence-corrected chi connectivity index (χ3v) is 3.13. The lowest BCUT2D eigenvalue weighted by atomic mass is 10.2. The van der Waals surface area contributed by atoms with Crippen molar-refractivity contribution in [2.24, 2.45) is 0 Å². The van der Waals surface area contributed by atoms with Crippen LogP contribution < -0.4 is 18.9 Å². The molecule has 0 bridgehead atoms. The Morgan fingerprint density at radius 2 is 1.62 bits per heavy atom. The molecule has 0 spiro atoms. The second-order valence-electron chi connectivity index (χ2n) is 4.63. The quantitative estimate of drug-likeness (QED) is 0.771. The molecule has 0 aliphatic rings. The number of methoxy groups -OCH3 is 2. The fourth-order valence-electron chi connectivity index (χ4n) is 2.01. The SMILES string of the molecule is COc1cc(C#N)ccc1OCc1ccc(OC(F)F)c(OC)c1. The van der Waals surface area contributed by atoms with Crippen LogP contribution in [0.5, 0.6) is 23.0 Å². The fraction of sp³-hybridized carbons (Fsp3) is 0.235. The van der Waals surface area contributed by atoms with E-state index in [9.17, 15) is 8.78 Å². The van der Waals surface area contributed by atoms with Crippen molar-refractivity contribution in [3.05, 3.63) is 47.5 Å². The van der Waals surface area contributed by atoms with Crippen molar-refractivity contribution < 1.29 is 27.7 Å². The van der Waals surface area contributed by atoms with Crippen molar-refractivity contribution in [2.75, 3.05) is 14.2 Å². The van der Waals surface area contributed by atoms with Crippen LogP contribution >= 0.6 is 0 Å². The van der Waals surface area contributed by atoms with Gasteiger partial charge in [0.1, 0.15) is 6.61 Å². The van der Waals surface area contributed by atoms with Gasteiger partial charge in [0.2, 0.25) is 0 Å². The Hall–Kier alpha value is -3.01. The maximum absolute atomic E-state index is 12.3. The van der Waals surface area contributed by atoms with Gasteiger partial charge in [0.15, 0.2) is 23.0 Å². The Bertz CT molecular complexity index is 744. The van der Waals surface area contributed by atoms with E-state index in [1.165, 1.54) is 20.3 Å². The minimum atomic E-state index is -2.93. The lowest BCUT2D eigenvalue weighted by Crippen LogP contribution is -2.04. The van der Waals surface area contributed by atoms with Gasteiger partial charge < -0.3 is 18.9 Å². The third kappa shape index (κ3) is 4.26. The number of ether oxygens (including phenoxy) is 4. The molecule has 5 nitrogen and oxygen atoms in total. The van der Waals surface area contributed by atoms with E-state index >= 15 is 0 Å². The first-order valence-electron chi connectivity index (χ1n) is 6.90. The van der Waals surface area contributed by atoms with Gasteiger partial charge in [0.05, 0.1) is 25.9 Å². The zero-order chi connectivity index (χ0) is 17.5. The zero-order valence-corrected chi connectivity index (χ0v) is 13.1. The summed E-state index contributed by atoms with van der Waals surface area (Å²) >= 11 is 0. The largest absolute Gasteiger partial charge is 0.493 e. The lowest BCUT2D eigenvalue weighted by Gasteiger charge is -2.13. The van der Waals surface area contributed by atoms with E-state index < -0.39 is 6.61 Å². The summed E-state index contributed by atoms with van der Waals surface area (Å²) < 4.78 is 44.9. The molecule has 24 heavy (non-hydrogen) atoms. The minimum Gasteiger partial charge on any atom is -0.493 e. The Balaban J connectivity index is 2.13. The second-order valence-corrected chi connectivity index (χ2v) is 4.63. The highest BCUT2D eigenvalue weighted by atomic mass is 19.3. The van der Waals surface area contributed by atoms with Crippen LogP contribution in [0.25, 0.3) is 0 Å². The molecule has 2 rings (SSSR count). The van der Waals surface area contributed by atoms with Gasteiger partial charge in [-0.25, -0.2) is 0 Å². The molecule has 2 aromatic carbocycles. The van der Waals surface area contributed by atoms with Crippen LogP contribution in [0.3, 0.4) is 0 Å². The highest BCUT2D eigenvalue weighted by Gasteiger charge is 2.12. The van der Waals surface area contributed by atoms with E-state index in [0.29, 0.717) is 22.6 Å². The second kappa shape index (κ2) is 8.02. The normalized spacial score (nSPS) is 10.2. The van der Waals surface area contributed by atoms with Crippen molar-refractivity contribution in [2.45, 2.75) is 13.2 Å². The molecule has 0 saturated heterocycles. The first kappa shape index (κ1) is 17.3. The molecule has 0 N–H and O–H groups in total. The summed E-state index contributed by atoms with van der Waals surface area (Å²) in [6.07, 6.45) is 0. The number of benzene rings is 2. The van der Waals surface area contributed by atoms with Crippen LogP contribution in [0, 0.1) is 11.3 Å². The standard InChI is InChI=1S/C17H15F2NO4/c1-21-15-7-11(9-20)3-5-13(15)23-10-12-4-6-14(24-17(18)19)16(8-12)22-2/h3-8,17H,10H2,1-2H3. The Morgan fingerprint density at radius 3 is 2.25 bits per heavy atom. The highest BCUT2D eigenvalue weighted by molar-refractivity contribution is 5.47. The molecular weight excluding hydrogens is 320 g/mol. The van der Waals surface area contributed by atoms with Gasteiger partial charge in [-0.2, -0.15) is 14.0 Å². The van der Waals surface area contributed by atoms with Crippen molar-refractivity contribution in [1.82, 2.24) is 0 Å². The number of hydrogen-bond donors (Lipinski definition) is 0. The van der Waals surface area contributed by atoms with Crippen LogP contribution in [0.4, 0.5) is 8.78 Å². The van der Waals surface area contributed by atoms with E-state index in [0.717, 1.165) is 0 Å². The average molecular weight is 335 g/mol. The van der Waals surface area contributed by atoms with Crippen LogP contribution in [-0.2, 0) is 6.61 Å². The van der Waals surface area contributed by atoms with Gasteiger partial charge in [-0.05, 0) is 29.8 Å². The van der Waals surface area contributed by atoms with Gasteiger partial charge in [0, 0.05) is 6.07 Å². The van der Waals surface area contributed by atoms with Gasteiger partial charge in [-0.1, -0.05) is 6.07 Å². The number of halogens is 2. The summed E-state index contributed by atoms with van der Waals surface area (Å²) in [5.74, 6) is 1.03. The van der Waals surface area contributed by atoms with E-state index in [-0.39, 0.29) is 18.1 Å². The van der Waals surface area contributed by atoms with E-state index in [1.807, 2.05) is 6.07 Å². The Morgan fingerprint density at radius 1 is 0.958 bits per heavy atom. The topological polar surface area (TPSA) is 60.7 Å². The summed E-state index contributed by atoms with van der Waals surface area (Å²) in [5.41, 5.74) is 1.15. The first-order chi connectivity index (χ1) is 11.6. The number of hydrogen-bond acceptors (Lipinski definition) is 5. The molecule has 0 radical (unpaired) electrons. The molecule has 0 aromatic heterocycles. The predicted octanol–water partition coefficient (Wildman–Crippen LogP) is 3.76. The van der Waals surface area contributed by atoms with E-state index in [4.69, 9.17) is 19.5 Å². The maximum atomic E-state index is 12.3. The fourth-order valence-corrected chi connectivity index (χ4v) is 2.01. The summed E-state index contributed by atoms with van der Waals surface area (Å²) in [4.78, 5) is 0. The molecule has 0 aliphatic heterocycles. The lowest BCUT2D eigenvalue weighted by molar-refractivity contribution is -0.0512. The van der Waals surface area contributed by atoms with Crippen molar-refractivity contribution in [1.29, 1.82) is 5.26 Å². The predicted molar refractivity (Wildman–Crippen MR) is 81.7 cm³/mol. The summed E-state index contributed by atoms with van der Waals surface area (Å²) in [5, 5.41) is 8.88. The first-order valence-corrected chi connectivity index (χ1v) is 6.90. The minimum absolute atomic E-state index is 0.0489. The van der Waals surface area contributed by atoms with Crippen LogP contribution in [-0.4, -0.2) is 20.8 Å². The summed E-state index contributed by atoms with van der Waals surface area (Å²) in [6, 6.07) is 11.3. The monoisotopic (exact) mass is 335 g/mol. The Labute approximate surface area is 137 Å². The van der Waals surface area contributed by atoms with Crippen molar-refractivity contribution >= 4 is 0 Å². The number of rotatable bonds is 7. The molecule has 0 fully saturated rings. The number of alkyl halides is 2.